The van der Waals surface area contributed by atoms with Crippen LogP contribution >= 0.6 is 11.6 Å². The molecule has 25 heavy (non-hydrogen) atoms. The average Bonchev–Trinajstić information content (AvgIpc) is 3.15. The van der Waals surface area contributed by atoms with Crippen LogP contribution in [0.3, 0.4) is 0 Å². The zero-order valence-electron chi connectivity index (χ0n) is 14.3. The first-order valence-electron chi connectivity index (χ1n) is 8.47. The number of nitrogens with zero attached hydrogens (tertiary/aromatic N) is 1. The van der Waals surface area contributed by atoms with Crippen LogP contribution in [0.25, 0.3) is 0 Å². The number of carbonyl (C=O) groups excluding carboxylic acids is 1. The first kappa shape index (κ1) is 17.8. The summed E-state index contributed by atoms with van der Waals surface area (Å²) in [7, 11) is 1.77. The standard InChI is InChI=1S/C20H22ClNO3/c1-22(13-16-6-2-3-10-19(16)21)20(23)15-7-4-8-17(12-15)25-14-18-9-5-11-24-18/h2-4,6-8,10,12,18H,5,9,11,13-14H2,1H3. The van der Waals surface area contributed by atoms with Gasteiger partial charge in [-0.3, -0.25) is 4.79 Å². The lowest BCUT2D eigenvalue weighted by atomic mass is 10.1. The molecular formula is C20H22ClNO3. The summed E-state index contributed by atoms with van der Waals surface area (Å²) < 4.78 is 11.3. The lowest BCUT2D eigenvalue weighted by Gasteiger charge is -2.19. The minimum absolute atomic E-state index is 0.0671. The molecule has 1 amide bonds. The van der Waals surface area contributed by atoms with Crippen molar-refractivity contribution in [2.45, 2.75) is 25.5 Å². The number of ether oxygens (including phenoxy) is 2. The van der Waals surface area contributed by atoms with E-state index in [1.54, 1.807) is 24.1 Å². The molecule has 1 unspecified atom stereocenters. The maximum Gasteiger partial charge on any atom is 0.254 e. The van der Waals surface area contributed by atoms with Gasteiger partial charge in [0.1, 0.15) is 12.4 Å². The summed E-state index contributed by atoms with van der Waals surface area (Å²) in [6.45, 7) is 1.78. The van der Waals surface area contributed by atoms with E-state index >= 15 is 0 Å². The Bertz CT molecular complexity index is 728. The summed E-state index contributed by atoms with van der Waals surface area (Å²) in [5.74, 6) is 0.620. The first-order chi connectivity index (χ1) is 12.1. The van der Waals surface area contributed by atoms with Crippen LogP contribution in [0, 0.1) is 0 Å². The molecule has 2 aromatic rings. The molecule has 0 bridgehead atoms. The van der Waals surface area contributed by atoms with Gasteiger partial charge in [0.15, 0.2) is 0 Å². The van der Waals surface area contributed by atoms with E-state index in [9.17, 15) is 4.79 Å². The molecule has 1 heterocycles. The normalized spacial score (nSPS) is 16.6. The number of halogens is 1. The van der Waals surface area contributed by atoms with Crippen LogP contribution in [-0.2, 0) is 11.3 Å². The molecule has 1 aliphatic rings. The highest BCUT2D eigenvalue weighted by Gasteiger charge is 2.17. The highest BCUT2D eigenvalue weighted by Crippen LogP contribution is 2.20. The SMILES string of the molecule is CN(Cc1ccccc1Cl)C(=O)c1cccc(OCC2CCCO2)c1. The van der Waals surface area contributed by atoms with E-state index < -0.39 is 0 Å². The molecule has 0 saturated carbocycles. The fourth-order valence-corrected chi connectivity index (χ4v) is 3.05. The minimum Gasteiger partial charge on any atom is -0.491 e. The van der Waals surface area contributed by atoms with E-state index in [1.165, 1.54) is 0 Å². The fraction of sp³-hybridized carbons (Fsp3) is 0.350. The van der Waals surface area contributed by atoms with Gasteiger partial charge in [0, 0.05) is 30.8 Å². The molecule has 4 nitrogen and oxygen atoms in total. The molecule has 1 saturated heterocycles. The van der Waals surface area contributed by atoms with Crippen molar-refractivity contribution in [2.75, 3.05) is 20.3 Å². The Balaban J connectivity index is 1.62. The molecule has 0 aromatic heterocycles. The number of rotatable bonds is 6. The fourth-order valence-electron chi connectivity index (χ4n) is 2.86. The Hall–Kier alpha value is -2.04. The van der Waals surface area contributed by atoms with E-state index in [0.717, 1.165) is 25.0 Å². The van der Waals surface area contributed by atoms with Gasteiger partial charge in [-0.05, 0) is 42.7 Å². The molecule has 5 heteroatoms. The third-order valence-corrected chi connectivity index (χ3v) is 4.62. The molecule has 1 aliphatic heterocycles. The van der Waals surface area contributed by atoms with Crippen LogP contribution < -0.4 is 4.74 Å². The van der Waals surface area contributed by atoms with Gasteiger partial charge in [0.05, 0.1) is 6.10 Å². The number of hydrogen-bond donors (Lipinski definition) is 0. The monoisotopic (exact) mass is 359 g/mol. The zero-order chi connectivity index (χ0) is 17.6. The average molecular weight is 360 g/mol. The van der Waals surface area contributed by atoms with Gasteiger partial charge in [-0.25, -0.2) is 0 Å². The summed E-state index contributed by atoms with van der Waals surface area (Å²) >= 11 is 6.18. The largest absolute Gasteiger partial charge is 0.491 e. The molecule has 0 aliphatic carbocycles. The molecule has 1 atom stereocenters. The second-order valence-electron chi connectivity index (χ2n) is 6.23. The molecule has 3 rings (SSSR count). The van der Waals surface area contributed by atoms with E-state index in [2.05, 4.69) is 0 Å². The smallest absolute Gasteiger partial charge is 0.254 e. The van der Waals surface area contributed by atoms with Crippen molar-refractivity contribution in [3.63, 3.8) is 0 Å². The topological polar surface area (TPSA) is 38.8 Å². The third kappa shape index (κ3) is 4.74. The summed E-state index contributed by atoms with van der Waals surface area (Å²) in [4.78, 5) is 14.3. The van der Waals surface area contributed by atoms with Crippen molar-refractivity contribution in [3.05, 3.63) is 64.7 Å². The minimum atomic E-state index is -0.0671. The van der Waals surface area contributed by atoms with Gasteiger partial charge in [-0.1, -0.05) is 35.9 Å². The quantitative estimate of drug-likeness (QED) is 0.777. The lowest BCUT2D eigenvalue weighted by molar-refractivity contribution is 0.0678. The van der Waals surface area contributed by atoms with Crippen LogP contribution in [0.5, 0.6) is 5.75 Å². The van der Waals surface area contributed by atoms with E-state index in [0.29, 0.717) is 29.5 Å². The van der Waals surface area contributed by atoms with E-state index in [1.807, 2.05) is 36.4 Å². The highest BCUT2D eigenvalue weighted by molar-refractivity contribution is 6.31. The third-order valence-electron chi connectivity index (χ3n) is 4.25. The molecule has 1 fully saturated rings. The summed E-state index contributed by atoms with van der Waals surface area (Å²) in [6, 6.07) is 14.8. The summed E-state index contributed by atoms with van der Waals surface area (Å²) in [5.41, 5.74) is 1.52. The van der Waals surface area contributed by atoms with Gasteiger partial charge in [0.25, 0.3) is 5.91 Å². The lowest BCUT2D eigenvalue weighted by Crippen LogP contribution is -2.26. The number of amides is 1. The van der Waals surface area contributed by atoms with Crippen LogP contribution in [0.4, 0.5) is 0 Å². The van der Waals surface area contributed by atoms with Gasteiger partial charge in [0.2, 0.25) is 0 Å². The van der Waals surface area contributed by atoms with Crippen molar-refractivity contribution in [3.8, 4) is 5.75 Å². The van der Waals surface area contributed by atoms with Gasteiger partial charge in [-0.2, -0.15) is 0 Å². The van der Waals surface area contributed by atoms with Gasteiger partial charge in [-0.15, -0.1) is 0 Å². The van der Waals surface area contributed by atoms with Crippen LogP contribution in [0.1, 0.15) is 28.8 Å². The summed E-state index contributed by atoms with van der Waals surface area (Å²) in [6.07, 6.45) is 2.26. The zero-order valence-corrected chi connectivity index (χ0v) is 15.0. The number of benzene rings is 2. The van der Waals surface area contributed by atoms with Crippen molar-refractivity contribution in [2.24, 2.45) is 0 Å². The van der Waals surface area contributed by atoms with Crippen molar-refractivity contribution < 1.29 is 14.3 Å². The van der Waals surface area contributed by atoms with Crippen molar-refractivity contribution in [1.29, 1.82) is 0 Å². The summed E-state index contributed by atoms with van der Waals surface area (Å²) in [5, 5.41) is 0.663. The van der Waals surface area contributed by atoms with Crippen LogP contribution in [-0.4, -0.2) is 37.2 Å². The molecule has 0 spiro atoms. The molecule has 132 valence electrons. The predicted molar refractivity (Wildman–Crippen MR) is 98.2 cm³/mol. The molecular weight excluding hydrogens is 338 g/mol. The predicted octanol–water partition coefficient (Wildman–Crippen LogP) is 4.17. The molecule has 0 N–H and O–H groups in total. The maximum atomic E-state index is 12.7. The van der Waals surface area contributed by atoms with Gasteiger partial charge >= 0.3 is 0 Å². The van der Waals surface area contributed by atoms with Crippen molar-refractivity contribution in [1.82, 2.24) is 4.90 Å². The Labute approximate surface area is 153 Å². The molecule has 0 radical (unpaired) electrons. The second kappa shape index (κ2) is 8.37. The van der Waals surface area contributed by atoms with Gasteiger partial charge < -0.3 is 14.4 Å². The Morgan fingerprint density at radius 1 is 1.28 bits per heavy atom. The van der Waals surface area contributed by atoms with E-state index in [4.69, 9.17) is 21.1 Å². The highest BCUT2D eigenvalue weighted by atomic mass is 35.5. The van der Waals surface area contributed by atoms with Crippen molar-refractivity contribution >= 4 is 17.5 Å². The number of carbonyl (C=O) groups is 1. The maximum absolute atomic E-state index is 12.7. The Morgan fingerprint density at radius 3 is 2.88 bits per heavy atom. The van der Waals surface area contributed by atoms with E-state index in [-0.39, 0.29) is 12.0 Å². The first-order valence-corrected chi connectivity index (χ1v) is 8.84. The van der Waals surface area contributed by atoms with Crippen LogP contribution in [0.2, 0.25) is 5.02 Å². The number of hydrogen-bond acceptors (Lipinski definition) is 3. The Morgan fingerprint density at radius 2 is 2.12 bits per heavy atom. The molecule has 2 aromatic carbocycles. The second-order valence-corrected chi connectivity index (χ2v) is 6.63. The Kier molecular flexibility index (Phi) is 5.95. The van der Waals surface area contributed by atoms with Crippen LogP contribution in [0.15, 0.2) is 48.5 Å².